The molecule has 176 valence electrons. The molecule has 0 spiro atoms. The number of amides is 3. The Bertz CT molecular complexity index is 1310. The van der Waals surface area contributed by atoms with Gasteiger partial charge in [0.05, 0.1) is 9.95 Å². The van der Waals surface area contributed by atoms with Crippen molar-refractivity contribution in [2.75, 3.05) is 5.32 Å². The van der Waals surface area contributed by atoms with Crippen LogP contribution in [-0.4, -0.2) is 21.8 Å². The monoisotopic (exact) mass is 490 g/mol. The maximum Gasteiger partial charge on any atom is 0.326 e. The summed E-state index contributed by atoms with van der Waals surface area (Å²) in [7, 11) is 0. The van der Waals surface area contributed by atoms with E-state index in [-0.39, 0.29) is 28.0 Å². The van der Waals surface area contributed by atoms with Gasteiger partial charge in [0.1, 0.15) is 23.4 Å². The van der Waals surface area contributed by atoms with Crippen LogP contribution in [0, 0.1) is 42.5 Å². The van der Waals surface area contributed by atoms with Crippen molar-refractivity contribution in [1.82, 2.24) is 10.3 Å². The van der Waals surface area contributed by atoms with Crippen molar-refractivity contribution >= 4 is 34.9 Å². The summed E-state index contributed by atoms with van der Waals surface area (Å²) in [6.45, 7) is 4.78. The summed E-state index contributed by atoms with van der Waals surface area (Å²) >= 11 is 6.42. The first-order valence-corrected chi connectivity index (χ1v) is 10.0. The highest BCUT2D eigenvalue weighted by molar-refractivity contribution is 6.33. The number of imide groups is 1. The second-order valence-electron chi connectivity index (χ2n) is 7.19. The van der Waals surface area contributed by atoms with E-state index < -0.39 is 34.1 Å². The Morgan fingerprint density at radius 2 is 1.76 bits per heavy atom. The first-order chi connectivity index (χ1) is 16.0. The van der Waals surface area contributed by atoms with E-state index in [9.17, 15) is 28.5 Å². The Morgan fingerprint density at radius 3 is 2.35 bits per heavy atom. The van der Waals surface area contributed by atoms with Crippen molar-refractivity contribution in [2.24, 2.45) is 0 Å². The van der Waals surface area contributed by atoms with Crippen molar-refractivity contribution in [1.29, 1.82) is 0 Å². The molecule has 0 atom stereocenters. The SMILES string of the molecule is Cc1cc([N+](=O)[O-])cnc1Oc1c(C)cc(NC(=O)NC(=O)c2c(F)cccc2F)c(C)c1Cl. The van der Waals surface area contributed by atoms with Gasteiger partial charge >= 0.3 is 6.03 Å². The molecule has 9 nitrogen and oxygen atoms in total. The lowest BCUT2D eigenvalue weighted by molar-refractivity contribution is -0.385. The fourth-order valence-corrected chi connectivity index (χ4v) is 3.28. The van der Waals surface area contributed by atoms with E-state index in [1.807, 2.05) is 5.32 Å². The van der Waals surface area contributed by atoms with Crippen molar-refractivity contribution in [3.05, 3.63) is 85.6 Å². The Balaban J connectivity index is 1.80. The lowest BCUT2D eigenvalue weighted by atomic mass is 10.1. The van der Waals surface area contributed by atoms with E-state index in [1.54, 1.807) is 20.8 Å². The highest BCUT2D eigenvalue weighted by atomic mass is 35.5. The smallest absolute Gasteiger partial charge is 0.326 e. The molecular weight excluding hydrogens is 474 g/mol. The molecule has 2 aromatic carbocycles. The van der Waals surface area contributed by atoms with Crippen LogP contribution in [0.25, 0.3) is 0 Å². The van der Waals surface area contributed by atoms with Gasteiger partial charge in [0.25, 0.3) is 11.6 Å². The third kappa shape index (κ3) is 5.09. The van der Waals surface area contributed by atoms with Gasteiger partial charge in [0.15, 0.2) is 5.75 Å². The van der Waals surface area contributed by atoms with Crippen molar-refractivity contribution in [3.63, 3.8) is 0 Å². The molecule has 3 aromatic rings. The number of aryl methyl sites for hydroxylation is 2. The zero-order valence-electron chi connectivity index (χ0n) is 18.0. The minimum atomic E-state index is -1.26. The lowest BCUT2D eigenvalue weighted by Gasteiger charge is -2.17. The first kappa shape index (κ1) is 24.5. The molecule has 12 heteroatoms. The maximum atomic E-state index is 13.8. The molecule has 1 heterocycles. The third-order valence-corrected chi connectivity index (χ3v) is 5.20. The van der Waals surface area contributed by atoms with Crippen LogP contribution in [0.15, 0.2) is 36.5 Å². The van der Waals surface area contributed by atoms with E-state index >= 15 is 0 Å². The summed E-state index contributed by atoms with van der Waals surface area (Å²) in [5.41, 5.74) is 0.362. The predicted molar refractivity (Wildman–Crippen MR) is 119 cm³/mol. The fourth-order valence-electron chi connectivity index (χ4n) is 2.99. The summed E-state index contributed by atoms with van der Waals surface area (Å²) in [6, 6.07) is 4.65. The van der Waals surface area contributed by atoms with Gasteiger partial charge in [0.2, 0.25) is 5.88 Å². The number of rotatable bonds is 5. The average molecular weight is 491 g/mol. The number of ether oxygens (including phenoxy) is 1. The third-order valence-electron chi connectivity index (χ3n) is 4.74. The number of pyridine rings is 1. The number of anilines is 1. The number of carbonyl (C=O) groups excluding carboxylic acids is 2. The predicted octanol–water partition coefficient (Wildman–Crippen LogP) is 5.60. The summed E-state index contributed by atoms with van der Waals surface area (Å²) in [4.78, 5) is 38.6. The number of aromatic nitrogens is 1. The summed E-state index contributed by atoms with van der Waals surface area (Å²) in [5.74, 6) is -3.17. The molecule has 0 aliphatic carbocycles. The van der Waals surface area contributed by atoms with Crippen LogP contribution in [-0.2, 0) is 0 Å². The molecule has 3 rings (SSSR count). The molecule has 0 radical (unpaired) electrons. The molecule has 34 heavy (non-hydrogen) atoms. The topological polar surface area (TPSA) is 123 Å². The highest BCUT2D eigenvalue weighted by Gasteiger charge is 2.21. The molecule has 0 saturated carbocycles. The van der Waals surface area contributed by atoms with Crippen LogP contribution < -0.4 is 15.4 Å². The van der Waals surface area contributed by atoms with Crippen LogP contribution in [0.4, 0.5) is 25.0 Å². The number of nitro groups is 1. The van der Waals surface area contributed by atoms with E-state index in [4.69, 9.17) is 16.3 Å². The summed E-state index contributed by atoms with van der Waals surface area (Å²) in [6.07, 6.45) is 1.05. The van der Waals surface area contributed by atoms with Gasteiger partial charge in [-0.1, -0.05) is 17.7 Å². The summed E-state index contributed by atoms with van der Waals surface area (Å²) < 4.78 is 33.3. The highest BCUT2D eigenvalue weighted by Crippen LogP contribution is 2.39. The minimum Gasteiger partial charge on any atom is -0.437 e. The number of hydrogen-bond acceptors (Lipinski definition) is 6. The number of halogens is 3. The second kappa shape index (κ2) is 9.79. The Hall–Kier alpha value is -4.12. The van der Waals surface area contributed by atoms with Crippen LogP contribution in [0.1, 0.15) is 27.0 Å². The molecule has 0 unspecified atom stereocenters. The number of nitrogens with zero attached hydrogens (tertiary/aromatic N) is 2. The van der Waals surface area contributed by atoms with Crippen molar-refractivity contribution < 1.29 is 28.0 Å². The van der Waals surface area contributed by atoms with Crippen LogP contribution in [0.3, 0.4) is 0 Å². The molecule has 1 aromatic heterocycles. The fraction of sp³-hybridized carbons (Fsp3) is 0.136. The Morgan fingerprint density at radius 1 is 1.12 bits per heavy atom. The molecular formula is C22H17ClF2N4O5. The van der Waals surface area contributed by atoms with Gasteiger partial charge in [-0.25, -0.2) is 18.6 Å². The molecule has 0 aliphatic heterocycles. The van der Waals surface area contributed by atoms with Crippen LogP contribution in [0.2, 0.25) is 5.02 Å². The van der Waals surface area contributed by atoms with Gasteiger partial charge in [-0.05, 0) is 50.1 Å². The molecule has 0 saturated heterocycles. The molecule has 0 fully saturated rings. The average Bonchev–Trinajstić information content (AvgIpc) is 2.75. The minimum absolute atomic E-state index is 0.103. The molecule has 2 N–H and O–H groups in total. The lowest BCUT2D eigenvalue weighted by Crippen LogP contribution is -2.35. The number of carbonyl (C=O) groups is 2. The van der Waals surface area contributed by atoms with Crippen LogP contribution in [0.5, 0.6) is 11.6 Å². The number of urea groups is 1. The van der Waals surface area contributed by atoms with Gasteiger partial charge in [-0.15, -0.1) is 0 Å². The number of nitrogens with one attached hydrogen (secondary N) is 2. The van der Waals surface area contributed by atoms with Crippen molar-refractivity contribution in [2.45, 2.75) is 20.8 Å². The van der Waals surface area contributed by atoms with Crippen LogP contribution >= 0.6 is 11.6 Å². The first-order valence-electron chi connectivity index (χ1n) is 9.64. The molecule has 0 bridgehead atoms. The second-order valence-corrected chi connectivity index (χ2v) is 7.57. The number of hydrogen-bond donors (Lipinski definition) is 2. The van der Waals surface area contributed by atoms with E-state index in [2.05, 4.69) is 10.3 Å². The zero-order valence-corrected chi connectivity index (χ0v) is 18.8. The van der Waals surface area contributed by atoms with E-state index in [0.29, 0.717) is 16.7 Å². The maximum absolute atomic E-state index is 13.8. The molecule has 3 amide bonds. The number of benzene rings is 2. The normalized spacial score (nSPS) is 10.5. The summed E-state index contributed by atoms with van der Waals surface area (Å²) in [5, 5.41) is 15.3. The van der Waals surface area contributed by atoms with Gasteiger partial charge in [-0.2, -0.15) is 0 Å². The Labute approximate surface area is 196 Å². The van der Waals surface area contributed by atoms with Crippen molar-refractivity contribution in [3.8, 4) is 11.6 Å². The van der Waals surface area contributed by atoms with Gasteiger partial charge < -0.3 is 10.1 Å². The van der Waals surface area contributed by atoms with E-state index in [1.165, 1.54) is 12.1 Å². The standard InChI is InChI=1S/C22H17ClF2N4O5/c1-10-8-16(27-22(31)28-20(30)17-14(24)5-4-6-15(17)25)12(3)18(23)19(10)34-21-11(2)7-13(9-26-21)29(32)33/h4-9H,1-3H3,(H2,27,28,30,31). The van der Waals surface area contributed by atoms with Gasteiger partial charge in [-0.3, -0.25) is 20.2 Å². The molecule has 0 aliphatic rings. The quantitative estimate of drug-likeness (QED) is 0.354. The largest absolute Gasteiger partial charge is 0.437 e. The Kier molecular flexibility index (Phi) is 7.06. The van der Waals surface area contributed by atoms with Gasteiger partial charge in [0, 0.05) is 17.3 Å². The van der Waals surface area contributed by atoms with E-state index in [0.717, 1.165) is 24.4 Å². The zero-order chi connectivity index (χ0) is 25.2.